The second kappa shape index (κ2) is 8.30. The normalized spacial score (nSPS) is 23.2. The van der Waals surface area contributed by atoms with Crippen molar-refractivity contribution in [1.82, 2.24) is 9.80 Å². The molecule has 2 amide bonds. The summed E-state index contributed by atoms with van der Waals surface area (Å²) in [6.07, 6.45) is 4.28. The largest absolute Gasteiger partial charge is 0.493 e. The fraction of sp³-hybridized carbons (Fsp3) is 0.619. The molecule has 6 heteroatoms. The minimum Gasteiger partial charge on any atom is -0.493 e. The molecule has 1 saturated carbocycles. The van der Waals surface area contributed by atoms with E-state index in [9.17, 15) is 9.59 Å². The van der Waals surface area contributed by atoms with Crippen LogP contribution in [0.2, 0.25) is 0 Å². The molecular formula is C21H28N2O4. The number of nitrogens with zero attached hydrogens (tertiary/aromatic N) is 2. The zero-order valence-electron chi connectivity index (χ0n) is 15.8. The van der Waals surface area contributed by atoms with E-state index in [0.717, 1.165) is 44.5 Å². The molecule has 0 radical (unpaired) electrons. The fourth-order valence-electron chi connectivity index (χ4n) is 3.85. The lowest BCUT2D eigenvalue weighted by molar-refractivity contribution is -0.134. The monoisotopic (exact) mass is 372 g/mol. The lowest BCUT2D eigenvalue weighted by atomic mass is 9.98. The molecule has 4 rings (SSSR count). The molecule has 1 aromatic carbocycles. The molecule has 1 aromatic rings. The van der Waals surface area contributed by atoms with E-state index in [0.29, 0.717) is 56.2 Å². The van der Waals surface area contributed by atoms with Crippen LogP contribution in [0.4, 0.5) is 0 Å². The average Bonchev–Trinajstić information content (AvgIpc) is 3.58. The van der Waals surface area contributed by atoms with Gasteiger partial charge in [0.15, 0.2) is 0 Å². The second-order valence-electron chi connectivity index (χ2n) is 7.81. The molecule has 3 aliphatic rings. The predicted molar refractivity (Wildman–Crippen MR) is 101 cm³/mol. The smallest absolute Gasteiger partial charge is 0.254 e. The summed E-state index contributed by atoms with van der Waals surface area (Å²) >= 11 is 0. The van der Waals surface area contributed by atoms with E-state index in [1.54, 1.807) is 0 Å². The zero-order valence-corrected chi connectivity index (χ0v) is 15.8. The van der Waals surface area contributed by atoms with Crippen LogP contribution in [0.15, 0.2) is 24.3 Å². The summed E-state index contributed by atoms with van der Waals surface area (Å²) in [7, 11) is 0. The third kappa shape index (κ3) is 4.61. The van der Waals surface area contributed by atoms with Crippen LogP contribution in [-0.2, 0) is 9.53 Å². The van der Waals surface area contributed by atoms with Crippen molar-refractivity contribution in [2.45, 2.75) is 25.7 Å². The Morgan fingerprint density at radius 1 is 1.00 bits per heavy atom. The van der Waals surface area contributed by atoms with Crippen molar-refractivity contribution in [2.75, 3.05) is 46.0 Å². The van der Waals surface area contributed by atoms with Crippen LogP contribution in [0, 0.1) is 11.8 Å². The molecule has 1 atom stereocenters. The Kier molecular flexibility index (Phi) is 5.62. The SMILES string of the molecule is O=C(c1ccc(OC[C@@H]2CCCN(C(=O)C3CC3)C2)cc1)N1CCOCC1. The van der Waals surface area contributed by atoms with Crippen molar-refractivity contribution < 1.29 is 19.1 Å². The summed E-state index contributed by atoms with van der Waals surface area (Å²) < 4.78 is 11.2. The molecular weight excluding hydrogens is 344 g/mol. The fourth-order valence-corrected chi connectivity index (χ4v) is 3.85. The Morgan fingerprint density at radius 3 is 2.44 bits per heavy atom. The van der Waals surface area contributed by atoms with E-state index in [4.69, 9.17) is 9.47 Å². The first-order valence-corrected chi connectivity index (χ1v) is 10.1. The molecule has 0 unspecified atom stereocenters. The van der Waals surface area contributed by atoms with Gasteiger partial charge in [-0.2, -0.15) is 0 Å². The van der Waals surface area contributed by atoms with Gasteiger partial charge in [0.25, 0.3) is 5.91 Å². The molecule has 27 heavy (non-hydrogen) atoms. The molecule has 2 saturated heterocycles. The first-order chi connectivity index (χ1) is 13.2. The number of morpholine rings is 1. The number of likely N-dealkylation sites (tertiary alicyclic amines) is 1. The summed E-state index contributed by atoms with van der Waals surface area (Å²) in [5.74, 6) is 1.84. The van der Waals surface area contributed by atoms with Crippen molar-refractivity contribution in [3.8, 4) is 5.75 Å². The molecule has 6 nitrogen and oxygen atoms in total. The van der Waals surface area contributed by atoms with Gasteiger partial charge in [0.1, 0.15) is 5.75 Å². The van der Waals surface area contributed by atoms with E-state index in [-0.39, 0.29) is 5.91 Å². The van der Waals surface area contributed by atoms with E-state index in [1.165, 1.54) is 0 Å². The van der Waals surface area contributed by atoms with Gasteiger partial charge < -0.3 is 19.3 Å². The van der Waals surface area contributed by atoms with Crippen LogP contribution in [0.25, 0.3) is 0 Å². The quantitative estimate of drug-likeness (QED) is 0.795. The van der Waals surface area contributed by atoms with Crippen LogP contribution >= 0.6 is 0 Å². The molecule has 2 heterocycles. The zero-order chi connectivity index (χ0) is 18.6. The molecule has 1 aliphatic carbocycles. The average molecular weight is 372 g/mol. The Balaban J connectivity index is 1.27. The van der Waals surface area contributed by atoms with Gasteiger partial charge in [-0.25, -0.2) is 0 Å². The number of hydrogen-bond donors (Lipinski definition) is 0. The highest BCUT2D eigenvalue weighted by Crippen LogP contribution is 2.32. The number of carbonyl (C=O) groups excluding carboxylic acids is 2. The van der Waals surface area contributed by atoms with E-state index < -0.39 is 0 Å². The van der Waals surface area contributed by atoms with Crippen molar-refractivity contribution >= 4 is 11.8 Å². The molecule has 146 valence electrons. The van der Waals surface area contributed by atoms with E-state index in [1.807, 2.05) is 34.1 Å². The van der Waals surface area contributed by atoms with Crippen molar-refractivity contribution in [3.63, 3.8) is 0 Å². The molecule has 0 N–H and O–H groups in total. The van der Waals surface area contributed by atoms with Crippen LogP contribution in [0.3, 0.4) is 0 Å². The second-order valence-corrected chi connectivity index (χ2v) is 7.81. The predicted octanol–water partition coefficient (Wildman–Crippen LogP) is 2.19. The van der Waals surface area contributed by atoms with Gasteiger partial charge in [-0.05, 0) is 49.9 Å². The topological polar surface area (TPSA) is 59.1 Å². The Bertz CT molecular complexity index is 665. The highest BCUT2D eigenvalue weighted by molar-refractivity contribution is 5.94. The Morgan fingerprint density at radius 2 is 1.74 bits per heavy atom. The number of benzene rings is 1. The highest BCUT2D eigenvalue weighted by atomic mass is 16.5. The van der Waals surface area contributed by atoms with Gasteiger partial charge in [0.05, 0.1) is 19.8 Å². The lowest BCUT2D eigenvalue weighted by Crippen LogP contribution is -2.42. The van der Waals surface area contributed by atoms with Crippen LogP contribution in [0.1, 0.15) is 36.0 Å². The summed E-state index contributed by atoms with van der Waals surface area (Å²) in [5, 5.41) is 0. The Hall–Kier alpha value is -2.08. The van der Waals surface area contributed by atoms with E-state index in [2.05, 4.69) is 0 Å². The summed E-state index contributed by atoms with van der Waals surface area (Å²) in [6.45, 7) is 4.82. The van der Waals surface area contributed by atoms with Crippen molar-refractivity contribution in [3.05, 3.63) is 29.8 Å². The van der Waals surface area contributed by atoms with Crippen LogP contribution < -0.4 is 4.74 Å². The maximum absolute atomic E-state index is 12.5. The highest BCUT2D eigenvalue weighted by Gasteiger charge is 2.35. The maximum atomic E-state index is 12.5. The van der Waals surface area contributed by atoms with Gasteiger partial charge in [-0.3, -0.25) is 9.59 Å². The molecule has 0 bridgehead atoms. The summed E-state index contributed by atoms with van der Waals surface area (Å²) in [4.78, 5) is 28.6. The minimum atomic E-state index is 0.0476. The minimum absolute atomic E-state index is 0.0476. The van der Waals surface area contributed by atoms with Gasteiger partial charge in [-0.1, -0.05) is 0 Å². The number of amides is 2. The number of carbonyl (C=O) groups is 2. The van der Waals surface area contributed by atoms with E-state index >= 15 is 0 Å². The molecule has 0 aromatic heterocycles. The molecule has 2 aliphatic heterocycles. The summed E-state index contributed by atoms with van der Waals surface area (Å²) in [6, 6.07) is 7.39. The maximum Gasteiger partial charge on any atom is 0.254 e. The van der Waals surface area contributed by atoms with Gasteiger partial charge in [-0.15, -0.1) is 0 Å². The van der Waals surface area contributed by atoms with Crippen molar-refractivity contribution in [2.24, 2.45) is 11.8 Å². The first-order valence-electron chi connectivity index (χ1n) is 10.1. The summed E-state index contributed by atoms with van der Waals surface area (Å²) in [5.41, 5.74) is 0.683. The standard InChI is InChI=1S/C21H28N2O4/c24-20(22-10-12-26-13-11-22)18-5-7-19(8-6-18)27-15-16-2-1-9-23(14-16)21(25)17-3-4-17/h5-8,16-17H,1-4,9-15H2/t16-/m1/s1. The van der Waals surface area contributed by atoms with Gasteiger partial charge >= 0.3 is 0 Å². The third-order valence-corrected chi connectivity index (χ3v) is 5.64. The first kappa shape index (κ1) is 18.3. The van der Waals surface area contributed by atoms with Gasteiger partial charge in [0.2, 0.25) is 5.91 Å². The van der Waals surface area contributed by atoms with Crippen LogP contribution in [-0.4, -0.2) is 67.6 Å². The lowest BCUT2D eigenvalue weighted by Gasteiger charge is -2.32. The Labute approximate surface area is 160 Å². The third-order valence-electron chi connectivity index (χ3n) is 5.64. The molecule has 3 fully saturated rings. The van der Waals surface area contributed by atoms with Crippen molar-refractivity contribution in [1.29, 1.82) is 0 Å². The number of rotatable bonds is 5. The number of piperidine rings is 1. The van der Waals surface area contributed by atoms with Crippen LogP contribution in [0.5, 0.6) is 5.75 Å². The van der Waals surface area contributed by atoms with Gasteiger partial charge in [0, 0.05) is 43.6 Å². The number of ether oxygens (including phenoxy) is 2. The number of hydrogen-bond acceptors (Lipinski definition) is 4. The molecule has 0 spiro atoms.